The number of urea groups is 2. The van der Waals surface area contributed by atoms with Crippen LogP contribution in [0.25, 0.3) is 0 Å². The van der Waals surface area contributed by atoms with Crippen molar-refractivity contribution in [3.63, 3.8) is 0 Å². The monoisotopic (exact) mass is 802 g/mol. The summed E-state index contributed by atoms with van der Waals surface area (Å²) < 4.78 is 74.3. The fourth-order valence-electron chi connectivity index (χ4n) is 5.39. The second-order valence-electron chi connectivity index (χ2n) is 13.1. The highest BCUT2D eigenvalue weighted by atomic mass is 32.3. The summed E-state index contributed by atoms with van der Waals surface area (Å²) in [6.07, 6.45) is 0.130. The van der Waals surface area contributed by atoms with E-state index in [1.165, 1.54) is 13.8 Å². The first kappa shape index (κ1) is 42.8. The summed E-state index contributed by atoms with van der Waals surface area (Å²) in [5, 5.41) is 3.35. The molecule has 4 fully saturated rings. The van der Waals surface area contributed by atoms with E-state index in [4.69, 9.17) is 19.6 Å². The van der Waals surface area contributed by atoms with E-state index in [1.807, 2.05) is 0 Å². The summed E-state index contributed by atoms with van der Waals surface area (Å²) in [4.78, 5) is 86.1. The van der Waals surface area contributed by atoms with Gasteiger partial charge in [0.25, 0.3) is 23.6 Å². The zero-order valence-corrected chi connectivity index (χ0v) is 30.6. The zero-order valence-electron chi connectivity index (χ0n) is 29.0. The number of amides is 9. The molecule has 26 nitrogen and oxygen atoms in total. The quantitative estimate of drug-likeness (QED) is 0.0829. The van der Waals surface area contributed by atoms with Gasteiger partial charge in [0, 0.05) is 13.1 Å². The maximum Gasteiger partial charge on any atom is 0.418 e. The largest absolute Gasteiger partial charge is 0.444 e. The van der Waals surface area contributed by atoms with Crippen molar-refractivity contribution in [2.75, 3.05) is 13.1 Å². The van der Waals surface area contributed by atoms with Crippen LogP contribution in [-0.4, -0.2) is 143 Å². The van der Waals surface area contributed by atoms with Gasteiger partial charge in [-0.3, -0.25) is 50.0 Å². The number of hydrogen-bond acceptors (Lipinski definition) is 15. The lowest BCUT2D eigenvalue weighted by Crippen LogP contribution is -2.57. The average molecular weight is 803 g/mol. The van der Waals surface area contributed by atoms with Crippen LogP contribution >= 0.6 is 0 Å². The number of hydroxylamine groups is 4. The van der Waals surface area contributed by atoms with E-state index in [1.54, 1.807) is 20.8 Å². The molecule has 53 heavy (non-hydrogen) atoms. The lowest BCUT2D eigenvalue weighted by molar-refractivity contribution is -0.132. The molecule has 0 spiro atoms. The number of alkyl carbamates (subject to hydrolysis) is 1. The number of nitrogens with one attached hydrogen (secondary N) is 5. The molecule has 0 saturated carbocycles. The standard InChI is InChI=1S/C15H25N5O9S.C10H17N5O7S/c1-8(16-13(23)28-15(2,3)4)11(21)17-18-12(22)10-6-5-9-7-19(10)14(24)20(9)29-30(25,26)27;1-5(11)8(16)12-13-9(17)7-3-2-6-4-14(7)10(18)15(6)22-23(19,20)21/h8-10H,5-7H2,1-4H3,(H,16,23)(H,17,21)(H,18,22)(H,25,26,27);5-7H,2-4,11H2,1H3,(H,12,16)(H,13,17)(H,19,20,21)/t8-,9-,10+;5-,6-,7+/m11/s1. The molecule has 9 N–H and O–H groups in total. The Kier molecular flexibility index (Phi) is 13.4. The number of ether oxygens (including phenoxy) is 1. The molecule has 0 aliphatic carbocycles. The number of carbonyl (C=O) groups excluding carboxylic acids is 7. The van der Waals surface area contributed by atoms with Crippen molar-refractivity contribution in [2.45, 2.75) is 102 Å². The van der Waals surface area contributed by atoms with E-state index in [0.29, 0.717) is 10.1 Å². The second kappa shape index (κ2) is 16.6. The molecule has 4 aliphatic heterocycles. The first-order chi connectivity index (χ1) is 24.3. The molecule has 0 aromatic rings. The number of fused-ring (bicyclic) bond motifs is 4. The van der Waals surface area contributed by atoms with Crippen LogP contribution in [0.2, 0.25) is 0 Å². The SMILES string of the molecule is C[C@@H](N)C(=O)NNC(=O)[C@@H]1CC[C@@H]2CN1C(=O)N2OS(=O)(=O)O.C[C@@H](NC(=O)OC(C)(C)C)C(=O)NNC(=O)[C@@H]1CC[C@@H]2CN1C(=O)N2OS(=O)(=O)O. The number of hydrogen-bond donors (Lipinski definition) is 8. The molecule has 4 rings (SSSR count). The molecule has 300 valence electrons. The van der Waals surface area contributed by atoms with Gasteiger partial charge in [0.05, 0.1) is 18.1 Å². The Labute approximate surface area is 303 Å². The third-order valence-electron chi connectivity index (χ3n) is 7.76. The van der Waals surface area contributed by atoms with Gasteiger partial charge in [0.15, 0.2) is 0 Å². The Bertz CT molecular complexity index is 1690. The number of nitrogens with zero attached hydrogens (tertiary/aromatic N) is 4. The van der Waals surface area contributed by atoms with Gasteiger partial charge in [-0.25, -0.2) is 14.4 Å². The fraction of sp³-hybridized carbons (Fsp3) is 0.720. The van der Waals surface area contributed by atoms with Crippen LogP contribution < -0.4 is 32.8 Å². The Morgan fingerprint density at radius 1 is 0.736 bits per heavy atom. The summed E-state index contributed by atoms with van der Waals surface area (Å²) >= 11 is 0. The predicted octanol–water partition coefficient (Wildman–Crippen LogP) is -3.47. The van der Waals surface area contributed by atoms with E-state index in [-0.39, 0.29) is 38.8 Å². The van der Waals surface area contributed by atoms with Gasteiger partial charge in [0.2, 0.25) is 0 Å². The number of carbonyl (C=O) groups is 7. The minimum Gasteiger partial charge on any atom is -0.444 e. The lowest BCUT2D eigenvalue weighted by Gasteiger charge is -2.29. The summed E-state index contributed by atoms with van der Waals surface area (Å²) in [5.74, 6) is -2.68. The highest BCUT2D eigenvalue weighted by molar-refractivity contribution is 7.81. The Morgan fingerprint density at radius 3 is 1.49 bits per heavy atom. The molecule has 0 aromatic carbocycles. The maximum absolute atomic E-state index is 12.4. The van der Waals surface area contributed by atoms with Crippen molar-refractivity contribution in [3.05, 3.63) is 0 Å². The van der Waals surface area contributed by atoms with Gasteiger partial charge >= 0.3 is 39.0 Å². The highest BCUT2D eigenvalue weighted by Gasteiger charge is 2.50. The van der Waals surface area contributed by atoms with Gasteiger partial charge in [-0.2, -0.15) is 27.0 Å². The summed E-state index contributed by atoms with van der Waals surface area (Å²) in [7, 11) is -9.73. The van der Waals surface area contributed by atoms with Crippen LogP contribution in [0.3, 0.4) is 0 Å². The summed E-state index contributed by atoms with van der Waals surface area (Å²) in [5.41, 5.74) is 13.2. The fourth-order valence-corrected chi connectivity index (χ4v) is 6.17. The minimum atomic E-state index is -4.89. The van der Waals surface area contributed by atoms with E-state index in [0.717, 1.165) is 9.80 Å². The van der Waals surface area contributed by atoms with Crippen molar-refractivity contribution >= 4 is 62.6 Å². The third kappa shape index (κ3) is 11.9. The molecule has 9 amide bonds. The number of piperidine rings is 2. The first-order valence-electron chi connectivity index (χ1n) is 15.8. The molecule has 4 saturated heterocycles. The topological polar surface area (TPSA) is 355 Å². The van der Waals surface area contributed by atoms with Gasteiger partial charge in [-0.1, -0.05) is 0 Å². The van der Waals surface area contributed by atoms with E-state index in [9.17, 15) is 50.4 Å². The number of rotatable bonds is 9. The molecule has 0 unspecified atom stereocenters. The molecule has 0 aromatic heterocycles. The molecular weight excluding hydrogens is 760 g/mol. The Balaban J connectivity index is 0.000000295. The predicted molar refractivity (Wildman–Crippen MR) is 172 cm³/mol. The summed E-state index contributed by atoms with van der Waals surface area (Å²) in [6, 6.07) is -6.73. The smallest absolute Gasteiger partial charge is 0.418 e. The maximum atomic E-state index is 12.4. The van der Waals surface area contributed by atoms with Gasteiger partial charge < -0.3 is 25.6 Å². The van der Waals surface area contributed by atoms with Crippen LogP contribution in [-0.2, 0) is 53.3 Å². The van der Waals surface area contributed by atoms with Gasteiger partial charge in [-0.05, 0) is 60.3 Å². The molecule has 6 atom stereocenters. The van der Waals surface area contributed by atoms with Crippen molar-refractivity contribution < 1.29 is 72.8 Å². The first-order valence-corrected chi connectivity index (χ1v) is 18.5. The minimum absolute atomic E-state index is 0.0109. The van der Waals surface area contributed by atoms with Crippen molar-refractivity contribution in [1.82, 2.24) is 46.9 Å². The van der Waals surface area contributed by atoms with Crippen LogP contribution in [0.1, 0.15) is 60.3 Å². The molecule has 28 heteroatoms. The van der Waals surface area contributed by atoms with E-state index >= 15 is 0 Å². The summed E-state index contributed by atoms with van der Waals surface area (Å²) in [6.45, 7) is 7.87. The van der Waals surface area contributed by atoms with Crippen molar-refractivity contribution in [2.24, 2.45) is 5.73 Å². The van der Waals surface area contributed by atoms with E-state index < -0.39 is 104 Å². The highest BCUT2D eigenvalue weighted by Crippen LogP contribution is 2.31. The van der Waals surface area contributed by atoms with Crippen LogP contribution in [0.15, 0.2) is 0 Å². The Hall–Kier alpha value is -4.61. The Morgan fingerprint density at radius 2 is 1.13 bits per heavy atom. The molecule has 4 heterocycles. The van der Waals surface area contributed by atoms with Crippen LogP contribution in [0.4, 0.5) is 14.4 Å². The zero-order chi connectivity index (χ0) is 40.2. The van der Waals surface area contributed by atoms with Crippen molar-refractivity contribution in [1.29, 1.82) is 0 Å². The molecule has 0 radical (unpaired) electrons. The third-order valence-corrected chi connectivity index (χ3v) is 8.46. The average Bonchev–Trinajstić information content (AvgIpc) is 3.39. The van der Waals surface area contributed by atoms with Gasteiger partial charge in [-0.15, -0.1) is 8.57 Å². The molecule has 4 bridgehead atoms. The normalized spacial score (nSPS) is 23.6. The van der Waals surface area contributed by atoms with Crippen LogP contribution in [0.5, 0.6) is 0 Å². The lowest BCUT2D eigenvalue weighted by atomic mass is 10.0. The molecule has 4 aliphatic rings. The van der Waals surface area contributed by atoms with E-state index in [2.05, 4.69) is 35.6 Å². The number of nitrogens with two attached hydrogens (primary N) is 1. The second-order valence-corrected chi connectivity index (χ2v) is 15.1. The van der Waals surface area contributed by atoms with Gasteiger partial charge in [0.1, 0.15) is 23.7 Å². The molecular formula is C25H42N10O16S2. The van der Waals surface area contributed by atoms with Crippen molar-refractivity contribution in [3.8, 4) is 0 Å². The van der Waals surface area contributed by atoms with Crippen LogP contribution in [0, 0.1) is 0 Å². The number of hydrazine groups is 2.